The summed E-state index contributed by atoms with van der Waals surface area (Å²) in [5.74, 6) is 2.16. The molecule has 0 bridgehead atoms. The summed E-state index contributed by atoms with van der Waals surface area (Å²) in [4.78, 5) is 0. The highest BCUT2D eigenvalue weighted by molar-refractivity contribution is 7.99. The SMILES string of the molecule is COc1ccc(-c2nnc(SC[C@H](O)COc3ccc(CC#N)cc3)o2)cc1. The van der Waals surface area contributed by atoms with Gasteiger partial charge in [0, 0.05) is 11.3 Å². The maximum atomic E-state index is 10.1. The van der Waals surface area contributed by atoms with Gasteiger partial charge in [-0.05, 0) is 42.0 Å². The van der Waals surface area contributed by atoms with E-state index in [2.05, 4.69) is 16.3 Å². The smallest absolute Gasteiger partial charge is 0.276 e. The molecular weight excluding hydrogens is 378 g/mol. The molecule has 0 aliphatic heterocycles. The minimum atomic E-state index is -0.694. The Hall–Kier alpha value is -3.02. The number of hydrogen-bond acceptors (Lipinski definition) is 8. The summed E-state index contributed by atoms with van der Waals surface area (Å²) in [6.45, 7) is 0.143. The standard InChI is InChI=1S/C20H19N3O4S/c1-25-17-8-4-15(5-9-17)19-22-23-20(27-19)28-13-16(24)12-26-18-6-2-14(3-7-18)10-11-21/h2-9,16,24H,10,12-13H2,1H3/t16-/m1/s1. The highest BCUT2D eigenvalue weighted by Crippen LogP contribution is 2.25. The highest BCUT2D eigenvalue weighted by atomic mass is 32.2. The first-order valence-electron chi connectivity index (χ1n) is 8.55. The van der Waals surface area contributed by atoms with Gasteiger partial charge in [0.25, 0.3) is 5.22 Å². The normalized spacial score (nSPS) is 11.6. The van der Waals surface area contributed by atoms with E-state index >= 15 is 0 Å². The van der Waals surface area contributed by atoms with E-state index in [1.54, 1.807) is 19.2 Å². The molecule has 1 heterocycles. The topological polar surface area (TPSA) is 101 Å². The first-order chi connectivity index (χ1) is 13.7. The second kappa shape index (κ2) is 9.78. The molecule has 0 spiro atoms. The lowest BCUT2D eigenvalue weighted by molar-refractivity contribution is 0.126. The molecule has 2 aromatic carbocycles. The van der Waals surface area contributed by atoms with Crippen LogP contribution >= 0.6 is 11.8 Å². The number of thioether (sulfide) groups is 1. The fourth-order valence-corrected chi connectivity index (χ4v) is 2.99. The summed E-state index contributed by atoms with van der Waals surface area (Å²) >= 11 is 1.26. The van der Waals surface area contributed by atoms with Crippen LogP contribution in [0.4, 0.5) is 0 Å². The number of benzene rings is 2. The minimum Gasteiger partial charge on any atom is -0.497 e. The fraction of sp³-hybridized carbons (Fsp3) is 0.250. The van der Waals surface area contributed by atoms with Gasteiger partial charge >= 0.3 is 0 Å². The molecule has 0 fully saturated rings. The molecule has 144 valence electrons. The molecule has 0 saturated carbocycles. The van der Waals surface area contributed by atoms with Crippen molar-refractivity contribution in [2.45, 2.75) is 17.7 Å². The van der Waals surface area contributed by atoms with Crippen molar-refractivity contribution in [1.29, 1.82) is 5.26 Å². The number of hydrogen-bond donors (Lipinski definition) is 1. The van der Waals surface area contributed by atoms with E-state index in [1.807, 2.05) is 36.4 Å². The third-order valence-corrected chi connectivity index (χ3v) is 4.75. The van der Waals surface area contributed by atoms with Crippen LogP contribution in [-0.4, -0.2) is 40.9 Å². The Morgan fingerprint density at radius 1 is 1.11 bits per heavy atom. The van der Waals surface area contributed by atoms with Crippen molar-refractivity contribution in [2.24, 2.45) is 0 Å². The Labute approximate surface area is 166 Å². The molecule has 0 amide bonds. The lowest BCUT2D eigenvalue weighted by Gasteiger charge is -2.11. The van der Waals surface area contributed by atoms with Crippen LogP contribution in [-0.2, 0) is 6.42 Å². The zero-order valence-corrected chi connectivity index (χ0v) is 16.1. The number of methoxy groups -OCH3 is 1. The van der Waals surface area contributed by atoms with Gasteiger partial charge in [-0.1, -0.05) is 23.9 Å². The van der Waals surface area contributed by atoms with Crippen LogP contribution < -0.4 is 9.47 Å². The second-order valence-electron chi connectivity index (χ2n) is 5.86. The molecule has 0 aliphatic rings. The van der Waals surface area contributed by atoms with Crippen LogP contribution in [0.15, 0.2) is 58.2 Å². The molecule has 1 aromatic heterocycles. The number of aromatic nitrogens is 2. The number of ether oxygens (including phenoxy) is 2. The Bertz CT molecular complexity index is 920. The molecule has 0 aliphatic carbocycles. The first-order valence-corrected chi connectivity index (χ1v) is 9.54. The van der Waals surface area contributed by atoms with Crippen LogP contribution in [0.25, 0.3) is 11.5 Å². The van der Waals surface area contributed by atoms with Gasteiger partial charge in [0.2, 0.25) is 5.89 Å². The van der Waals surface area contributed by atoms with Gasteiger partial charge in [0.1, 0.15) is 18.1 Å². The summed E-state index contributed by atoms with van der Waals surface area (Å²) < 4.78 is 16.3. The zero-order valence-electron chi connectivity index (χ0n) is 15.2. The molecule has 0 unspecified atom stereocenters. The van der Waals surface area contributed by atoms with Crippen LogP contribution in [0.1, 0.15) is 5.56 Å². The number of aliphatic hydroxyl groups is 1. The lowest BCUT2D eigenvalue weighted by atomic mass is 10.2. The average Bonchev–Trinajstić information content (AvgIpc) is 3.21. The van der Waals surface area contributed by atoms with Crippen molar-refractivity contribution in [3.05, 3.63) is 54.1 Å². The molecule has 3 rings (SSSR count). The summed E-state index contributed by atoms with van der Waals surface area (Å²) in [5.41, 5.74) is 1.72. The van der Waals surface area contributed by atoms with Crippen LogP contribution in [0.2, 0.25) is 0 Å². The Morgan fingerprint density at radius 3 is 2.50 bits per heavy atom. The van der Waals surface area contributed by atoms with Crippen LogP contribution in [0.5, 0.6) is 11.5 Å². The van der Waals surface area contributed by atoms with Gasteiger partial charge in [-0.3, -0.25) is 0 Å². The fourth-order valence-electron chi connectivity index (χ4n) is 2.32. The molecule has 0 radical (unpaired) electrons. The molecule has 28 heavy (non-hydrogen) atoms. The van der Waals surface area contributed by atoms with Crippen molar-refractivity contribution in [1.82, 2.24) is 10.2 Å². The number of aliphatic hydroxyl groups excluding tert-OH is 1. The van der Waals surface area contributed by atoms with Gasteiger partial charge < -0.3 is 19.0 Å². The summed E-state index contributed by atoms with van der Waals surface area (Å²) in [7, 11) is 1.61. The largest absolute Gasteiger partial charge is 0.497 e. The first kappa shape index (κ1) is 19.7. The van der Waals surface area contributed by atoms with Gasteiger partial charge in [0.15, 0.2) is 0 Å². The van der Waals surface area contributed by atoms with Gasteiger partial charge in [0.05, 0.1) is 25.7 Å². The molecular formula is C20H19N3O4S. The summed E-state index contributed by atoms with van der Waals surface area (Å²) in [6.07, 6.45) is -0.331. The molecule has 7 nitrogen and oxygen atoms in total. The van der Waals surface area contributed by atoms with E-state index in [9.17, 15) is 5.11 Å². The molecule has 8 heteroatoms. The summed E-state index contributed by atoms with van der Waals surface area (Å²) in [6, 6.07) is 16.6. The van der Waals surface area contributed by atoms with Crippen molar-refractivity contribution in [3.8, 4) is 29.0 Å². The monoisotopic (exact) mass is 397 g/mol. The summed E-state index contributed by atoms with van der Waals surface area (Å²) in [5, 5.41) is 27.2. The zero-order chi connectivity index (χ0) is 19.8. The van der Waals surface area contributed by atoms with Crippen molar-refractivity contribution >= 4 is 11.8 Å². The highest BCUT2D eigenvalue weighted by Gasteiger charge is 2.12. The van der Waals surface area contributed by atoms with Crippen molar-refractivity contribution in [2.75, 3.05) is 19.5 Å². The molecule has 1 N–H and O–H groups in total. The second-order valence-corrected chi connectivity index (χ2v) is 6.83. The van der Waals surface area contributed by atoms with Crippen molar-refractivity contribution in [3.63, 3.8) is 0 Å². The Kier molecular flexibility index (Phi) is 6.89. The lowest BCUT2D eigenvalue weighted by Crippen LogP contribution is -2.20. The predicted molar refractivity (Wildman–Crippen MR) is 104 cm³/mol. The number of nitriles is 1. The van der Waals surface area contributed by atoms with Gasteiger partial charge in [-0.15, -0.1) is 10.2 Å². The van der Waals surface area contributed by atoms with E-state index in [4.69, 9.17) is 19.2 Å². The Morgan fingerprint density at radius 2 is 1.82 bits per heavy atom. The van der Waals surface area contributed by atoms with Crippen LogP contribution in [0, 0.1) is 11.3 Å². The van der Waals surface area contributed by atoms with Gasteiger partial charge in [-0.25, -0.2) is 0 Å². The van der Waals surface area contributed by atoms with E-state index in [0.29, 0.717) is 29.0 Å². The Balaban J connectivity index is 1.46. The van der Waals surface area contributed by atoms with E-state index in [0.717, 1.165) is 16.9 Å². The molecule has 3 aromatic rings. The predicted octanol–water partition coefficient (Wildman–Crippen LogP) is 3.34. The number of rotatable bonds is 9. The number of nitrogens with zero attached hydrogens (tertiary/aromatic N) is 3. The van der Waals surface area contributed by atoms with Crippen LogP contribution in [0.3, 0.4) is 0 Å². The third kappa shape index (κ3) is 5.49. The quantitative estimate of drug-likeness (QED) is 0.549. The maximum Gasteiger partial charge on any atom is 0.276 e. The van der Waals surface area contributed by atoms with Crippen molar-refractivity contribution < 1.29 is 19.0 Å². The minimum absolute atomic E-state index is 0.143. The average molecular weight is 397 g/mol. The third-order valence-electron chi connectivity index (χ3n) is 3.79. The van der Waals surface area contributed by atoms with E-state index in [-0.39, 0.29) is 6.61 Å². The van der Waals surface area contributed by atoms with E-state index < -0.39 is 6.10 Å². The van der Waals surface area contributed by atoms with E-state index in [1.165, 1.54) is 11.8 Å². The molecule has 0 saturated heterocycles. The molecule has 1 atom stereocenters. The maximum absolute atomic E-state index is 10.1. The van der Waals surface area contributed by atoms with Gasteiger partial charge in [-0.2, -0.15) is 5.26 Å².